The fourth-order valence-electron chi connectivity index (χ4n) is 5.55. The molecule has 6 aromatic rings. The third-order valence-electron chi connectivity index (χ3n) is 7.73. The van der Waals surface area contributed by atoms with E-state index < -0.39 is 13.7 Å². The third-order valence-corrected chi connectivity index (χ3v) is 9.00. The van der Waals surface area contributed by atoms with Gasteiger partial charge < -0.3 is 0 Å². The minimum absolute atomic E-state index is 0.154. The van der Waals surface area contributed by atoms with E-state index in [-0.39, 0.29) is 5.41 Å². The molecule has 3 aromatic carbocycles. The van der Waals surface area contributed by atoms with Gasteiger partial charge in [0.1, 0.15) is 0 Å². The second kappa shape index (κ2) is 9.99. The number of hydrogen-bond acceptors (Lipinski definition) is 4. The predicted octanol–water partition coefficient (Wildman–Crippen LogP) is 7.51. The van der Waals surface area contributed by atoms with Crippen molar-refractivity contribution in [2.45, 2.75) is 32.9 Å². The molecule has 0 aliphatic carbocycles. The molecule has 0 atom stereocenters. The zero-order chi connectivity index (χ0) is 31.7. The van der Waals surface area contributed by atoms with Gasteiger partial charge in [-0.3, -0.25) is 0 Å². The van der Waals surface area contributed by atoms with Crippen molar-refractivity contribution in [3.8, 4) is 28.4 Å². The third kappa shape index (κ3) is 4.37. The molecule has 0 fully saturated rings. The van der Waals surface area contributed by atoms with Gasteiger partial charge in [-0.05, 0) is 17.0 Å². The van der Waals surface area contributed by atoms with E-state index in [4.69, 9.17) is 8.85 Å². The van der Waals surface area contributed by atoms with Crippen molar-refractivity contribution in [1.29, 1.82) is 0 Å². The van der Waals surface area contributed by atoms with Gasteiger partial charge >= 0.3 is 202 Å². The standard InChI is InChI=1S/C33H31BN6O.Pt/c1-33(2,3)23-15-17-35-32(19-23)39-31-21-26(13-14-27(31)28-16-18-36-40(28)34(39)4)41-25-10-8-9-24(20-25)38-22-37(5)29-11-6-7-12-30(29)38;/h6-21H,1-5H3;/i4D3;. The number of imidazole rings is 1. The molecule has 0 amide bonds. The molecule has 0 spiro atoms. The van der Waals surface area contributed by atoms with E-state index in [0.29, 0.717) is 23.0 Å². The van der Waals surface area contributed by atoms with Gasteiger partial charge in [-0.25, -0.2) is 0 Å². The topological polar surface area (TPSA) is 53.0 Å². The summed E-state index contributed by atoms with van der Waals surface area (Å²) in [6, 6.07) is 27.8. The summed E-state index contributed by atoms with van der Waals surface area (Å²) in [6.07, 6.45) is 3.38. The molecule has 42 heavy (non-hydrogen) atoms. The minimum Gasteiger partial charge on any atom is -0.192 e. The first-order valence-electron chi connectivity index (χ1n) is 15.3. The summed E-state index contributed by atoms with van der Waals surface area (Å²) in [5.74, 6) is 1.78. The molecule has 0 N–H and O–H groups in total. The van der Waals surface area contributed by atoms with E-state index in [1.165, 1.54) is 0 Å². The van der Waals surface area contributed by atoms with Gasteiger partial charge in [-0.1, -0.05) is 20.8 Å². The van der Waals surface area contributed by atoms with Crippen LogP contribution in [0.2, 0.25) is 6.75 Å². The van der Waals surface area contributed by atoms with Gasteiger partial charge in [0.15, 0.2) is 0 Å². The number of ether oxygens (including phenoxy) is 1. The zero-order valence-electron chi connectivity index (χ0n) is 26.7. The second-order valence-electron chi connectivity index (χ2n) is 11.5. The number of nitrogens with zero attached hydrogens (tertiary/aromatic N) is 6. The molecule has 4 heterocycles. The molecule has 7 nitrogen and oxygen atoms in total. The van der Waals surface area contributed by atoms with Gasteiger partial charge in [0.25, 0.3) is 0 Å². The van der Waals surface area contributed by atoms with Crippen LogP contribution in [0.5, 0.6) is 11.5 Å². The number of para-hydroxylation sites is 2. The van der Waals surface area contributed by atoms with Crippen LogP contribution in [0.25, 0.3) is 28.0 Å². The van der Waals surface area contributed by atoms with Crippen LogP contribution >= 0.6 is 0 Å². The number of fused-ring (bicyclic) bond motifs is 4. The number of hydrogen-bond donors (Lipinski definition) is 0. The molecule has 1 aliphatic heterocycles. The van der Waals surface area contributed by atoms with Crippen molar-refractivity contribution in [2.24, 2.45) is 7.05 Å². The maximum atomic E-state index is 8.58. The molecule has 0 saturated heterocycles. The van der Waals surface area contributed by atoms with Crippen LogP contribution in [-0.2, 0) is 31.8 Å². The first-order valence-corrected chi connectivity index (χ1v) is 14.9. The Hall–Kier alpha value is -4.16. The Morgan fingerprint density at radius 3 is 2.50 bits per heavy atom. The summed E-state index contributed by atoms with van der Waals surface area (Å²) in [6.45, 7) is 2.87. The van der Waals surface area contributed by atoms with E-state index in [9.17, 15) is 0 Å². The number of pyridine rings is 1. The van der Waals surface area contributed by atoms with E-state index >= 15 is 0 Å². The van der Waals surface area contributed by atoms with E-state index in [1.54, 1.807) is 21.8 Å². The van der Waals surface area contributed by atoms with Gasteiger partial charge in [-0.15, -0.1) is 0 Å². The van der Waals surface area contributed by atoms with E-state index in [0.717, 1.165) is 37.3 Å². The molecule has 0 radical (unpaired) electrons. The Morgan fingerprint density at radius 1 is 0.881 bits per heavy atom. The number of aryl methyl sites for hydroxylation is 1. The van der Waals surface area contributed by atoms with Crippen LogP contribution in [-0.4, -0.2) is 30.8 Å². The molecular formula is C33H31BN6OPt. The van der Waals surface area contributed by atoms with Crippen molar-refractivity contribution in [1.82, 2.24) is 23.8 Å². The number of aromatic nitrogens is 5. The Morgan fingerprint density at radius 2 is 1.69 bits per heavy atom. The first kappa shape index (κ1) is 23.4. The monoisotopic (exact) mass is 736 g/mol. The number of rotatable bonds is 4. The minimum atomic E-state index is -2.41. The second-order valence-corrected chi connectivity index (χ2v) is 12.5. The van der Waals surface area contributed by atoms with E-state index in [1.807, 2.05) is 66.7 Å². The molecular weight excluding hydrogens is 702 g/mol. The van der Waals surface area contributed by atoms with Crippen molar-refractivity contribution in [3.05, 3.63) is 107 Å². The van der Waals surface area contributed by atoms with Crippen LogP contribution < -0.4 is 9.55 Å². The molecule has 0 bridgehead atoms. The Labute approximate surface area is 260 Å². The molecule has 7 rings (SSSR count). The summed E-state index contributed by atoms with van der Waals surface area (Å²) in [4.78, 5) is 6.45. The van der Waals surface area contributed by atoms with Crippen LogP contribution in [0.3, 0.4) is 0 Å². The van der Waals surface area contributed by atoms with Crippen LogP contribution in [0.1, 0.15) is 30.4 Å². The summed E-state index contributed by atoms with van der Waals surface area (Å²) in [5, 5.41) is 4.46. The normalized spacial score (nSPS) is 14.3. The summed E-state index contributed by atoms with van der Waals surface area (Å²) in [5.41, 5.74) is 6.37. The quantitative estimate of drug-likeness (QED) is 0.176. The van der Waals surface area contributed by atoms with Gasteiger partial charge in [0, 0.05) is 16.5 Å². The van der Waals surface area contributed by atoms with Crippen molar-refractivity contribution >= 4 is 29.5 Å². The summed E-state index contributed by atoms with van der Waals surface area (Å²) in [7, 11) is 2.06. The molecule has 1 aliphatic rings. The van der Waals surface area contributed by atoms with Crippen molar-refractivity contribution in [3.63, 3.8) is 0 Å². The van der Waals surface area contributed by atoms with Crippen LogP contribution in [0.4, 0.5) is 11.5 Å². The fraction of sp³-hybridized carbons (Fsp3) is 0.182. The van der Waals surface area contributed by atoms with E-state index in [2.05, 4.69) is 84.6 Å². The number of anilines is 2. The first-order chi connectivity index (χ1) is 21.4. The van der Waals surface area contributed by atoms with Gasteiger partial charge in [0.05, 0.1) is 0 Å². The molecule has 212 valence electrons. The summed E-state index contributed by atoms with van der Waals surface area (Å²) < 4.78 is 39.2. The SMILES string of the molecule is [2H]C([2H])([2H])B1N(c2cc(C(C)(C)C)ccn2)c2cc(Oc3cccc(-n4[c](=[Pt])n(C)c5ccccc54)c3)ccc2-c2ccnn21. The van der Waals surface area contributed by atoms with Crippen LogP contribution in [0.15, 0.2) is 97.3 Å². The molecule has 9 heteroatoms. The van der Waals surface area contributed by atoms with Crippen molar-refractivity contribution in [2.75, 3.05) is 4.81 Å². The molecule has 0 saturated carbocycles. The zero-order valence-corrected chi connectivity index (χ0v) is 26.0. The van der Waals surface area contributed by atoms with Crippen molar-refractivity contribution < 1.29 is 28.2 Å². The van der Waals surface area contributed by atoms with Gasteiger partial charge in [-0.2, -0.15) is 5.10 Å². The maximum absolute atomic E-state index is 8.58. The Balaban J connectivity index is 1.34. The Kier molecular flexibility index (Phi) is 5.57. The average molecular weight is 737 g/mol. The Bertz CT molecular complexity index is 2150. The fourth-order valence-corrected chi connectivity index (χ4v) is 6.39. The number of benzene rings is 3. The molecule has 0 unspecified atom stereocenters. The molecule has 3 aromatic heterocycles. The smallest absolute Gasteiger partial charge is 0.192 e. The summed E-state index contributed by atoms with van der Waals surface area (Å²) >= 11 is 2.34. The van der Waals surface area contributed by atoms with Gasteiger partial charge in [0.2, 0.25) is 0 Å². The predicted molar refractivity (Wildman–Crippen MR) is 165 cm³/mol. The van der Waals surface area contributed by atoms with Crippen LogP contribution in [0, 0.1) is 3.80 Å². The average Bonchev–Trinajstić information content (AvgIpc) is 3.58.